The van der Waals surface area contributed by atoms with Gasteiger partial charge in [-0.25, -0.2) is 4.79 Å². The van der Waals surface area contributed by atoms with Crippen LogP contribution in [0, 0.1) is 0 Å². The van der Waals surface area contributed by atoms with E-state index in [-0.39, 0.29) is 19.5 Å². The van der Waals surface area contributed by atoms with Gasteiger partial charge in [0.25, 0.3) is 0 Å². The summed E-state index contributed by atoms with van der Waals surface area (Å²) in [4.78, 5) is 29.9. The van der Waals surface area contributed by atoms with Crippen molar-refractivity contribution < 1.29 is 24.2 Å². The summed E-state index contributed by atoms with van der Waals surface area (Å²) in [6.07, 6.45) is -0.139. The molecular weight excluding hydrogens is 140 g/mol. The third-order valence-electron chi connectivity index (χ3n) is 0.633. The quantitative estimate of drug-likeness (QED) is 0.221. The highest BCUT2D eigenvalue weighted by atomic mass is 16.5. The van der Waals surface area contributed by atoms with Gasteiger partial charge in [0.05, 0.1) is 6.61 Å². The first-order valence-corrected chi connectivity index (χ1v) is 2.49. The third-order valence-corrected chi connectivity index (χ3v) is 0.633. The van der Waals surface area contributed by atoms with E-state index in [9.17, 15) is 14.4 Å². The number of ether oxygens (including phenoxy) is 1. The predicted octanol–water partition coefficient (Wildman–Crippen LogP) is -1.71. The molecule has 0 aromatic rings. The second-order valence-corrected chi connectivity index (χ2v) is 1.34. The number of hydrogen-bond acceptors (Lipinski definition) is 5. The fraction of sp³-hybridized carbons (Fsp3) is 0.400. The van der Waals surface area contributed by atoms with Gasteiger partial charge in [0.2, 0.25) is 0 Å². The molecule has 0 radical (unpaired) electrons. The molecular formula is C5H6O5. The Morgan fingerprint density at radius 3 is 2.50 bits per heavy atom. The van der Waals surface area contributed by atoms with Gasteiger partial charge in [-0.2, -0.15) is 0 Å². The van der Waals surface area contributed by atoms with E-state index in [1.165, 1.54) is 0 Å². The zero-order valence-corrected chi connectivity index (χ0v) is 5.07. The molecule has 0 aliphatic rings. The van der Waals surface area contributed by atoms with Crippen molar-refractivity contribution in [3.63, 3.8) is 0 Å². The van der Waals surface area contributed by atoms with Crippen LogP contribution in [0.3, 0.4) is 0 Å². The second kappa shape index (κ2) is 4.63. The molecule has 0 aliphatic heterocycles. The normalized spacial score (nSPS) is 8.50. The van der Waals surface area contributed by atoms with Gasteiger partial charge in [-0.15, -0.1) is 0 Å². The van der Waals surface area contributed by atoms with Crippen molar-refractivity contribution in [2.45, 2.75) is 0 Å². The van der Waals surface area contributed by atoms with Crippen LogP contribution < -0.4 is 0 Å². The molecule has 0 saturated heterocycles. The Morgan fingerprint density at radius 1 is 1.50 bits per heavy atom. The molecule has 0 bridgehead atoms. The lowest BCUT2D eigenvalue weighted by atomic mass is 10.4. The standard InChI is InChI=1S/C5H6O5/c6-1-2-10-5(9)4(8)3-7/h3,6H,1-2H2. The monoisotopic (exact) mass is 146 g/mol. The van der Waals surface area contributed by atoms with Crippen LogP contribution in [0.25, 0.3) is 0 Å². The van der Waals surface area contributed by atoms with Crippen molar-refractivity contribution >= 4 is 18.0 Å². The maximum atomic E-state index is 10.2. The van der Waals surface area contributed by atoms with Crippen LogP contribution in [0.15, 0.2) is 0 Å². The SMILES string of the molecule is O=CC(=O)C(=O)OCCO. The number of rotatable bonds is 4. The molecule has 0 rings (SSSR count). The Hall–Kier alpha value is -1.23. The number of carbonyl (C=O) groups is 3. The Kier molecular flexibility index (Phi) is 4.06. The number of esters is 1. The van der Waals surface area contributed by atoms with Crippen LogP contribution in [0.2, 0.25) is 0 Å². The lowest BCUT2D eigenvalue weighted by Gasteiger charge is -1.95. The van der Waals surface area contributed by atoms with Crippen molar-refractivity contribution in [3.8, 4) is 0 Å². The lowest BCUT2D eigenvalue weighted by molar-refractivity contribution is -0.155. The number of Topliss-reactive ketones (excluding diaryl/α,β-unsaturated/α-hetero) is 1. The maximum Gasteiger partial charge on any atom is 0.382 e. The van der Waals surface area contributed by atoms with E-state index in [2.05, 4.69) is 4.74 Å². The molecule has 0 saturated carbocycles. The molecule has 0 unspecified atom stereocenters. The van der Waals surface area contributed by atoms with Crippen LogP contribution in [0.4, 0.5) is 0 Å². The largest absolute Gasteiger partial charge is 0.457 e. The van der Waals surface area contributed by atoms with Crippen molar-refractivity contribution in [1.82, 2.24) is 0 Å². The van der Waals surface area contributed by atoms with Gasteiger partial charge in [0, 0.05) is 0 Å². The molecule has 56 valence electrons. The van der Waals surface area contributed by atoms with E-state index < -0.39 is 11.8 Å². The highest BCUT2D eigenvalue weighted by molar-refractivity contribution is 6.55. The van der Waals surface area contributed by atoms with Crippen molar-refractivity contribution in [1.29, 1.82) is 0 Å². The van der Waals surface area contributed by atoms with Crippen LogP contribution in [0.5, 0.6) is 0 Å². The summed E-state index contributed by atoms with van der Waals surface area (Å²) in [5.41, 5.74) is 0. The number of carbonyl (C=O) groups excluding carboxylic acids is 3. The first-order valence-electron chi connectivity index (χ1n) is 2.49. The smallest absolute Gasteiger partial charge is 0.382 e. The summed E-state index contributed by atoms with van der Waals surface area (Å²) in [5, 5.41) is 8.09. The molecule has 0 heterocycles. The lowest BCUT2D eigenvalue weighted by Crippen LogP contribution is -2.19. The van der Waals surface area contributed by atoms with Crippen molar-refractivity contribution in [2.75, 3.05) is 13.2 Å². The number of aliphatic hydroxyl groups is 1. The zero-order valence-electron chi connectivity index (χ0n) is 5.07. The minimum absolute atomic E-state index is 0.139. The number of aldehydes is 1. The van der Waals surface area contributed by atoms with Crippen molar-refractivity contribution in [3.05, 3.63) is 0 Å². The maximum absolute atomic E-state index is 10.2. The van der Waals surface area contributed by atoms with E-state index in [0.717, 1.165) is 0 Å². The van der Waals surface area contributed by atoms with Gasteiger partial charge in [-0.1, -0.05) is 0 Å². The van der Waals surface area contributed by atoms with E-state index >= 15 is 0 Å². The van der Waals surface area contributed by atoms with E-state index in [0.29, 0.717) is 0 Å². The average Bonchev–Trinajstić information content (AvgIpc) is 1.98. The fourth-order valence-corrected chi connectivity index (χ4v) is 0.258. The molecule has 0 aliphatic carbocycles. The minimum atomic E-state index is -1.24. The second-order valence-electron chi connectivity index (χ2n) is 1.34. The summed E-state index contributed by atoms with van der Waals surface area (Å²) < 4.78 is 4.07. The van der Waals surface area contributed by atoms with Gasteiger partial charge >= 0.3 is 11.8 Å². The highest BCUT2D eigenvalue weighted by Crippen LogP contribution is 1.76. The Morgan fingerprint density at radius 2 is 2.10 bits per heavy atom. The number of ketones is 1. The average molecular weight is 146 g/mol. The molecule has 0 atom stereocenters. The molecule has 0 fully saturated rings. The summed E-state index contributed by atoms with van der Waals surface area (Å²) in [6.45, 7) is -0.629. The van der Waals surface area contributed by atoms with Crippen LogP contribution in [0.1, 0.15) is 0 Å². The first-order chi connectivity index (χ1) is 4.72. The topological polar surface area (TPSA) is 80.7 Å². The molecule has 0 spiro atoms. The van der Waals surface area contributed by atoms with E-state index in [4.69, 9.17) is 5.11 Å². The molecule has 10 heavy (non-hydrogen) atoms. The minimum Gasteiger partial charge on any atom is -0.457 e. The van der Waals surface area contributed by atoms with Crippen LogP contribution in [-0.2, 0) is 19.1 Å². The van der Waals surface area contributed by atoms with E-state index in [1.807, 2.05) is 0 Å². The Balaban J connectivity index is 3.62. The number of aliphatic hydroxyl groups excluding tert-OH is 1. The van der Waals surface area contributed by atoms with Crippen LogP contribution >= 0.6 is 0 Å². The van der Waals surface area contributed by atoms with Gasteiger partial charge in [0.1, 0.15) is 6.61 Å². The fourth-order valence-electron chi connectivity index (χ4n) is 0.258. The Labute approximate surface area is 56.6 Å². The molecule has 5 heteroatoms. The summed E-state index contributed by atoms with van der Waals surface area (Å²) in [7, 11) is 0. The third kappa shape index (κ3) is 2.93. The molecule has 0 amide bonds. The Bertz CT molecular complexity index is 150. The molecule has 0 aromatic heterocycles. The highest BCUT2D eigenvalue weighted by Gasteiger charge is 2.12. The summed E-state index contributed by atoms with van der Waals surface area (Å²) in [5.74, 6) is -2.47. The molecule has 1 N–H and O–H groups in total. The van der Waals surface area contributed by atoms with Crippen LogP contribution in [-0.4, -0.2) is 36.4 Å². The van der Waals surface area contributed by atoms with Gasteiger partial charge in [0.15, 0.2) is 6.29 Å². The van der Waals surface area contributed by atoms with Gasteiger partial charge in [-0.05, 0) is 0 Å². The van der Waals surface area contributed by atoms with Crippen molar-refractivity contribution in [2.24, 2.45) is 0 Å². The molecule has 5 nitrogen and oxygen atoms in total. The van der Waals surface area contributed by atoms with Gasteiger partial charge in [-0.3, -0.25) is 9.59 Å². The predicted molar refractivity (Wildman–Crippen MR) is 29.1 cm³/mol. The zero-order chi connectivity index (χ0) is 7.98. The number of hydrogen-bond donors (Lipinski definition) is 1. The summed E-state index contributed by atoms with van der Waals surface area (Å²) >= 11 is 0. The summed E-state index contributed by atoms with van der Waals surface area (Å²) in [6, 6.07) is 0. The van der Waals surface area contributed by atoms with E-state index in [1.54, 1.807) is 0 Å². The van der Waals surface area contributed by atoms with Gasteiger partial charge < -0.3 is 9.84 Å². The molecule has 0 aromatic carbocycles. The first kappa shape index (κ1) is 8.77.